The molecule has 2 heteroatoms. The molecule has 0 radical (unpaired) electrons. The van der Waals surface area contributed by atoms with Crippen molar-refractivity contribution in [2.75, 3.05) is 13.2 Å². The van der Waals surface area contributed by atoms with Gasteiger partial charge in [0.2, 0.25) is 0 Å². The van der Waals surface area contributed by atoms with Crippen LogP contribution in [-0.2, 0) is 17.8 Å². The van der Waals surface area contributed by atoms with Crippen molar-refractivity contribution in [1.29, 1.82) is 0 Å². The molecular formula is C16H25NO. The van der Waals surface area contributed by atoms with E-state index in [1.165, 1.54) is 11.1 Å². The molecule has 0 unspecified atom stereocenters. The van der Waals surface area contributed by atoms with Gasteiger partial charge in [-0.3, -0.25) is 0 Å². The van der Waals surface area contributed by atoms with Gasteiger partial charge in [-0.2, -0.15) is 0 Å². The third-order valence-corrected chi connectivity index (χ3v) is 2.66. The van der Waals surface area contributed by atoms with Crippen molar-refractivity contribution >= 4 is 0 Å². The standard InChI is InChI=1S/C16H25NO/c1-5-12-18-13-15-9-7-6-8-14(15)10-11-17-16(2,3)4/h5-9,17H,1,10-13H2,2-4H3. The molecule has 0 aliphatic heterocycles. The zero-order valence-electron chi connectivity index (χ0n) is 11.8. The summed E-state index contributed by atoms with van der Waals surface area (Å²) in [5.74, 6) is 0. The molecule has 0 saturated heterocycles. The Morgan fingerprint density at radius 1 is 1.22 bits per heavy atom. The maximum atomic E-state index is 5.52. The molecule has 1 aromatic carbocycles. The molecule has 0 bridgehead atoms. The Morgan fingerprint density at radius 2 is 1.89 bits per heavy atom. The predicted octanol–water partition coefficient (Wildman–Crippen LogP) is 3.32. The predicted molar refractivity (Wildman–Crippen MR) is 77.8 cm³/mol. The molecule has 0 spiro atoms. The van der Waals surface area contributed by atoms with Crippen LogP contribution in [0.25, 0.3) is 0 Å². The van der Waals surface area contributed by atoms with Gasteiger partial charge in [0.1, 0.15) is 0 Å². The average Bonchev–Trinajstić information content (AvgIpc) is 2.30. The van der Waals surface area contributed by atoms with Crippen LogP contribution >= 0.6 is 0 Å². The molecule has 0 aliphatic carbocycles. The van der Waals surface area contributed by atoms with Crippen LogP contribution in [0.15, 0.2) is 36.9 Å². The van der Waals surface area contributed by atoms with Gasteiger partial charge in [-0.1, -0.05) is 30.3 Å². The molecule has 0 aliphatic rings. The molecule has 18 heavy (non-hydrogen) atoms. The summed E-state index contributed by atoms with van der Waals surface area (Å²) < 4.78 is 5.52. The van der Waals surface area contributed by atoms with E-state index in [4.69, 9.17) is 4.74 Å². The second-order valence-electron chi connectivity index (χ2n) is 5.50. The van der Waals surface area contributed by atoms with Crippen LogP contribution in [0.2, 0.25) is 0 Å². The number of nitrogens with one attached hydrogen (secondary N) is 1. The first-order chi connectivity index (χ1) is 8.53. The van der Waals surface area contributed by atoms with Gasteiger partial charge in [0, 0.05) is 5.54 Å². The van der Waals surface area contributed by atoms with Crippen molar-refractivity contribution in [3.63, 3.8) is 0 Å². The van der Waals surface area contributed by atoms with E-state index in [9.17, 15) is 0 Å². The van der Waals surface area contributed by atoms with Crippen LogP contribution in [-0.4, -0.2) is 18.7 Å². The van der Waals surface area contributed by atoms with E-state index >= 15 is 0 Å². The van der Waals surface area contributed by atoms with E-state index in [1.807, 2.05) is 0 Å². The fraction of sp³-hybridized carbons (Fsp3) is 0.500. The van der Waals surface area contributed by atoms with Crippen LogP contribution in [0, 0.1) is 0 Å². The molecule has 1 rings (SSSR count). The highest BCUT2D eigenvalue weighted by Crippen LogP contribution is 2.11. The molecule has 1 aromatic rings. The SMILES string of the molecule is C=CCOCc1ccccc1CCNC(C)(C)C. The molecule has 0 fully saturated rings. The minimum atomic E-state index is 0.175. The number of rotatable bonds is 7. The molecule has 0 atom stereocenters. The van der Waals surface area contributed by atoms with Crippen LogP contribution in [0.1, 0.15) is 31.9 Å². The van der Waals surface area contributed by atoms with Gasteiger partial charge in [-0.15, -0.1) is 6.58 Å². The van der Waals surface area contributed by atoms with Gasteiger partial charge in [0.15, 0.2) is 0 Å². The lowest BCUT2D eigenvalue weighted by atomic mass is 10.0. The Labute approximate surface area is 111 Å². The van der Waals surface area contributed by atoms with Crippen LogP contribution in [0.5, 0.6) is 0 Å². The zero-order valence-corrected chi connectivity index (χ0v) is 11.8. The number of benzene rings is 1. The van der Waals surface area contributed by atoms with Crippen molar-refractivity contribution in [3.05, 3.63) is 48.0 Å². The number of hydrogen-bond acceptors (Lipinski definition) is 2. The van der Waals surface area contributed by atoms with Crippen molar-refractivity contribution in [3.8, 4) is 0 Å². The summed E-state index contributed by atoms with van der Waals surface area (Å²) in [6, 6.07) is 8.46. The minimum Gasteiger partial charge on any atom is -0.373 e. The smallest absolute Gasteiger partial charge is 0.0723 e. The van der Waals surface area contributed by atoms with E-state index in [0.717, 1.165) is 13.0 Å². The van der Waals surface area contributed by atoms with Gasteiger partial charge in [-0.05, 0) is 44.9 Å². The van der Waals surface area contributed by atoms with E-state index in [2.05, 4.69) is 56.9 Å². The summed E-state index contributed by atoms with van der Waals surface area (Å²) in [7, 11) is 0. The Bertz CT molecular complexity index is 366. The molecule has 0 amide bonds. The monoisotopic (exact) mass is 247 g/mol. The topological polar surface area (TPSA) is 21.3 Å². The lowest BCUT2D eigenvalue weighted by Gasteiger charge is -2.21. The largest absolute Gasteiger partial charge is 0.373 e. The zero-order chi connectivity index (χ0) is 13.4. The van der Waals surface area contributed by atoms with Crippen LogP contribution in [0.3, 0.4) is 0 Å². The van der Waals surface area contributed by atoms with Gasteiger partial charge in [0.05, 0.1) is 13.2 Å². The molecule has 100 valence electrons. The van der Waals surface area contributed by atoms with E-state index in [1.54, 1.807) is 6.08 Å². The van der Waals surface area contributed by atoms with E-state index < -0.39 is 0 Å². The Morgan fingerprint density at radius 3 is 2.50 bits per heavy atom. The minimum absolute atomic E-state index is 0.175. The van der Waals surface area contributed by atoms with Crippen LogP contribution < -0.4 is 5.32 Å². The van der Waals surface area contributed by atoms with E-state index in [0.29, 0.717) is 13.2 Å². The summed E-state index contributed by atoms with van der Waals surface area (Å²) >= 11 is 0. The van der Waals surface area contributed by atoms with Gasteiger partial charge >= 0.3 is 0 Å². The highest BCUT2D eigenvalue weighted by Gasteiger charge is 2.08. The third-order valence-electron chi connectivity index (χ3n) is 2.66. The first-order valence-corrected chi connectivity index (χ1v) is 6.53. The Hall–Kier alpha value is -1.12. The second-order valence-corrected chi connectivity index (χ2v) is 5.50. The summed E-state index contributed by atoms with van der Waals surface area (Å²) in [5.41, 5.74) is 2.81. The maximum Gasteiger partial charge on any atom is 0.0723 e. The highest BCUT2D eigenvalue weighted by molar-refractivity contribution is 5.26. The van der Waals surface area contributed by atoms with E-state index in [-0.39, 0.29) is 5.54 Å². The fourth-order valence-corrected chi connectivity index (χ4v) is 1.77. The van der Waals surface area contributed by atoms with Crippen molar-refractivity contribution in [1.82, 2.24) is 5.32 Å². The summed E-state index contributed by atoms with van der Waals surface area (Å²) in [6.45, 7) is 12.5. The lowest BCUT2D eigenvalue weighted by molar-refractivity contribution is 0.148. The second kappa shape index (κ2) is 7.34. The van der Waals surface area contributed by atoms with Gasteiger partial charge in [-0.25, -0.2) is 0 Å². The van der Waals surface area contributed by atoms with Crippen molar-refractivity contribution in [2.24, 2.45) is 0 Å². The molecule has 0 heterocycles. The summed E-state index contributed by atoms with van der Waals surface area (Å²) in [6.07, 6.45) is 2.81. The molecule has 2 nitrogen and oxygen atoms in total. The van der Waals surface area contributed by atoms with Gasteiger partial charge < -0.3 is 10.1 Å². The lowest BCUT2D eigenvalue weighted by Crippen LogP contribution is -2.37. The normalized spacial score (nSPS) is 11.5. The van der Waals surface area contributed by atoms with Crippen molar-refractivity contribution < 1.29 is 4.74 Å². The average molecular weight is 247 g/mol. The van der Waals surface area contributed by atoms with Crippen LogP contribution in [0.4, 0.5) is 0 Å². The molecule has 1 N–H and O–H groups in total. The Kier molecular flexibility index (Phi) is 6.10. The first kappa shape index (κ1) is 14.9. The summed E-state index contributed by atoms with van der Waals surface area (Å²) in [4.78, 5) is 0. The van der Waals surface area contributed by atoms with Gasteiger partial charge in [0.25, 0.3) is 0 Å². The highest BCUT2D eigenvalue weighted by atomic mass is 16.5. The Balaban J connectivity index is 2.50. The number of hydrogen-bond donors (Lipinski definition) is 1. The fourth-order valence-electron chi connectivity index (χ4n) is 1.77. The molecule has 0 saturated carbocycles. The summed E-state index contributed by atoms with van der Waals surface area (Å²) in [5, 5.41) is 3.51. The maximum absolute atomic E-state index is 5.52. The molecule has 0 aromatic heterocycles. The molecular weight excluding hydrogens is 222 g/mol. The first-order valence-electron chi connectivity index (χ1n) is 6.53. The number of ether oxygens (including phenoxy) is 1. The van der Waals surface area contributed by atoms with Crippen molar-refractivity contribution in [2.45, 2.75) is 39.3 Å². The third kappa shape index (κ3) is 5.99. The quantitative estimate of drug-likeness (QED) is 0.589.